The summed E-state index contributed by atoms with van der Waals surface area (Å²) in [4.78, 5) is 9.55. The lowest BCUT2D eigenvalue weighted by molar-refractivity contribution is 0.0416. The second-order valence-electron chi connectivity index (χ2n) is 8.02. The first kappa shape index (κ1) is 21.7. The molecule has 1 aliphatic rings. The van der Waals surface area contributed by atoms with Crippen LogP contribution in [0.15, 0.2) is 59.8 Å². The van der Waals surface area contributed by atoms with E-state index in [2.05, 4.69) is 25.5 Å². The number of anilines is 1. The highest BCUT2D eigenvalue weighted by Gasteiger charge is 2.34. The Morgan fingerprint density at radius 2 is 1.85 bits per heavy atom. The molecule has 5 rings (SSSR count). The van der Waals surface area contributed by atoms with Crippen LogP contribution in [0, 0.1) is 12.7 Å². The summed E-state index contributed by atoms with van der Waals surface area (Å²) in [6.45, 7) is 4.77. The molecule has 33 heavy (non-hydrogen) atoms. The van der Waals surface area contributed by atoms with Crippen molar-refractivity contribution in [1.82, 2.24) is 20.2 Å². The van der Waals surface area contributed by atoms with Crippen molar-refractivity contribution in [1.29, 1.82) is 0 Å². The van der Waals surface area contributed by atoms with Gasteiger partial charge in [-0.05, 0) is 66.5 Å². The molecule has 0 radical (unpaired) electrons. The van der Waals surface area contributed by atoms with Crippen LogP contribution < -0.4 is 5.32 Å². The number of hydrogen-bond acceptors (Lipinski definition) is 7. The van der Waals surface area contributed by atoms with Gasteiger partial charge in [-0.1, -0.05) is 12.1 Å². The van der Waals surface area contributed by atoms with Crippen molar-refractivity contribution in [2.24, 2.45) is 0 Å². The summed E-state index contributed by atoms with van der Waals surface area (Å²) in [6.07, 6.45) is 1.47. The molecule has 1 aliphatic heterocycles. The Balaban J connectivity index is 1.61. The highest BCUT2D eigenvalue weighted by molar-refractivity contribution is 7.92. The number of benzene rings is 2. The highest BCUT2D eigenvalue weighted by atomic mass is 32.2. The van der Waals surface area contributed by atoms with Gasteiger partial charge in [0.2, 0.25) is 0 Å². The molecule has 1 N–H and O–H groups in total. The van der Waals surface area contributed by atoms with E-state index >= 15 is 0 Å². The minimum atomic E-state index is -1.30. The first-order chi connectivity index (χ1) is 16.0. The maximum atomic E-state index is 13.5. The van der Waals surface area contributed by atoms with Gasteiger partial charge in [-0.2, -0.15) is 10.2 Å². The number of ether oxygens (including phenoxy) is 1. The average molecular weight is 464 g/mol. The van der Waals surface area contributed by atoms with Crippen molar-refractivity contribution in [3.05, 3.63) is 72.1 Å². The van der Waals surface area contributed by atoms with E-state index in [1.165, 1.54) is 18.5 Å². The second-order valence-corrected chi connectivity index (χ2v) is 9.72. The van der Waals surface area contributed by atoms with Crippen LogP contribution >= 0.6 is 0 Å². The van der Waals surface area contributed by atoms with E-state index in [4.69, 9.17) is 4.74 Å². The van der Waals surface area contributed by atoms with Crippen LogP contribution in [0.25, 0.3) is 22.0 Å². The van der Waals surface area contributed by atoms with Crippen LogP contribution in [-0.4, -0.2) is 43.2 Å². The summed E-state index contributed by atoms with van der Waals surface area (Å²) in [6, 6.07) is 13.7. The third-order valence-electron chi connectivity index (χ3n) is 5.62. The van der Waals surface area contributed by atoms with Crippen molar-refractivity contribution in [2.75, 3.05) is 18.5 Å². The fourth-order valence-corrected chi connectivity index (χ4v) is 5.04. The summed E-state index contributed by atoms with van der Waals surface area (Å²) in [7, 11) is 0. The molecule has 0 saturated carbocycles. The van der Waals surface area contributed by atoms with Gasteiger partial charge in [-0.3, -0.25) is 0 Å². The molecular weight excluding hydrogens is 441 g/mol. The van der Waals surface area contributed by atoms with Gasteiger partial charge in [0.25, 0.3) is 0 Å². The van der Waals surface area contributed by atoms with Gasteiger partial charge in [0.1, 0.15) is 23.5 Å². The third kappa shape index (κ3) is 4.39. The van der Waals surface area contributed by atoms with Crippen LogP contribution in [0.3, 0.4) is 0 Å². The summed E-state index contributed by atoms with van der Waals surface area (Å²) < 4.78 is 32.1. The first-order valence-electron chi connectivity index (χ1n) is 10.6. The predicted molar refractivity (Wildman–Crippen MR) is 125 cm³/mol. The number of nitrogens with zero attached hydrogens (tertiary/aromatic N) is 4. The fraction of sp³-hybridized carbons (Fsp3) is 0.250. The van der Waals surface area contributed by atoms with Gasteiger partial charge in [0.15, 0.2) is 10.1 Å². The normalized spacial score (nSPS) is 15.8. The van der Waals surface area contributed by atoms with E-state index in [0.717, 1.165) is 27.9 Å². The second kappa shape index (κ2) is 9.01. The third-order valence-corrected chi connectivity index (χ3v) is 7.25. The minimum Gasteiger partial charge on any atom is -0.611 e. The minimum absolute atomic E-state index is 0.0789. The van der Waals surface area contributed by atoms with Crippen molar-refractivity contribution < 1.29 is 13.7 Å². The molecule has 0 amide bonds. The Kier molecular flexibility index (Phi) is 5.92. The number of halogens is 1. The van der Waals surface area contributed by atoms with Crippen molar-refractivity contribution in [3.63, 3.8) is 0 Å². The number of aromatic nitrogens is 4. The smallest absolute Gasteiger partial charge is 0.180 e. The standard InChI is InChI=1S/C24H22FN5O2S/c1-14-3-8-21(30-29-14)15(2)28-24-20-9-17(16-4-6-18(25)7-5-16)10-22(23(20)26-13-27-24)33(31)19-11-32-12-19/h3-10,13,15,19H,11-12H2,1-2H3,(H,26,27,28)/t15-,33?/m1/s1. The van der Waals surface area contributed by atoms with Gasteiger partial charge in [-0.25, -0.2) is 14.4 Å². The summed E-state index contributed by atoms with van der Waals surface area (Å²) in [5.74, 6) is 0.288. The molecule has 0 spiro atoms. The van der Waals surface area contributed by atoms with E-state index in [9.17, 15) is 8.94 Å². The topological polar surface area (TPSA) is 95.9 Å². The Hall–Kier alpha value is -3.14. The maximum absolute atomic E-state index is 13.5. The lowest BCUT2D eigenvalue weighted by Gasteiger charge is -2.28. The molecule has 168 valence electrons. The largest absolute Gasteiger partial charge is 0.611 e. The van der Waals surface area contributed by atoms with Crippen LogP contribution in [0.2, 0.25) is 0 Å². The molecule has 1 saturated heterocycles. The number of hydrogen-bond donors (Lipinski definition) is 1. The molecule has 9 heteroatoms. The first-order valence-corrected chi connectivity index (χ1v) is 11.8. The molecule has 3 heterocycles. The van der Waals surface area contributed by atoms with Crippen molar-refractivity contribution in [2.45, 2.75) is 30.0 Å². The van der Waals surface area contributed by atoms with E-state index < -0.39 is 11.2 Å². The molecule has 2 aromatic heterocycles. The molecule has 4 aromatic rings. The molecule has 0 aliphatic carbocycles. The monoisotopic (exact) mass is 463 g/mol. The lowest BCUT2D eigenvalue weighted by Crippen LogP contribution is -2.40. The zero-order valence-electron chi connectivity index (χ0n) is 18.2. The molecule has 2 atom stereocenters. The number of fused-ring (bicyclic) bond motifs is 1. The van der Waals surface area contributed by atoms with Crippen molar-refractivity contribution >= 4 is 27.9 Å². The number of aryl methyl sites for hydroxylation is 1. The number of rotatable bonds is 6. The maximum Gasteiger partial charge on any atom is 0.180 e. The Labute approximate surface area is 193 Å². The van der Waals surface area contributed by atoms with Gasteiger partial charge in [-0.15, -0.1) is 0 Å². The van der Waals surface area contributed by atoms with Gasteiger partial charge < -0.3 is 14.6 Å². The Bertz CT molecular complexity index is 1280. The molecule has 2 aromatic carbocycles. The average Bonchev–Trinajstić information content (AvgIpc) is 2.78. The van der Waals surface area contributed by atoms with Crippen LogP contribution in [0.4, 0.5) is 10.2 Å². The lowest BCUT2D eigenvalue weighted by atomic mass is 10.0. The summed E-state index contributed by atoms with van der Waals surface area (Å²) in [5.41, 5.74) is 3.86. The van der Waals surface area contributed by atoms with Crippen LogP contribution in [0.1, 0.15) is 24.4 Å². The molecule has 0 bridgehead atoms. The van der Waals surface area contributed by atoms with Gasteiger partial charge >= 0.3 is 0 Å². The zero-order valence-corrected chi connectivity index (χ0v) is 19.0. The van der Waals surface area contributed by atoms with E-state index in [0.29, 0.717) is 29.4 Å². The summed E-state index contributed by atoms with van der Waals surface area (Å²) >= 11 is -1.30. The SMILES string of the molecule is Cc1ccc([C@@H](C)Nc2ncnc3c([S+]([O-])C4COC4)cc(-c4ccc(F)cc4)cc23)nn1. The van der Waals surface area contributed by atoms with Crippen molar-refractivity contribution in [3.8, 4) is 11.1 Å². The molecule has 1 unspecified atom stereocenters. The fourth-order valence-electron chi connectivity index (χ4n) is 3.65. The molecular formula is C24H22FN5O2S. The van der Waals surface area contributed by atoms with E-state index in [1.54, 1.807) is 12.1 Å². The van der Waals surface area contributed by atoms with E-state index in [1.807, 2.05) is 38.1 Å². The predicted octanol–water partition coefficient (Wildman–Crippen LogP) is 4.21. The Morgan fingerprint density at radius 1 is 1.06 bits per heavy atom. The van der Waals surface area contributed by atoms with Crippen LogP contribution in [-0.2, 0) is 15.9 Å². The quantitative estimate of drug-likeness (QED) is 0.428. The van der Waals surface area contributed by atoms with Gasteiger partial charge in [0, 0.05) is 11.5 Å². The summed E-state index contributed by atoms with van der Waals surface area (Å²) in [5, 5.41) is 12.4. The van der Waals surface area contributed by atoms with E-state index in [-0.39, 0.29) is 17.1 Å². The number of nitrogens with one attached hydrogen (secondary N) is 1. The molecule has 1 fully saturated rings. The van der Waals surface area contributed by atoms with Crippen LogP contribution in [0.5, 0.6) is 0 Å². The molecule has 7 nitrogen and oxygen atoms in total. The zero-order chi connectivity index (χ0) is 22.9. The van der Waals surface area contributed by atoms with Gasteiger partial charge in [0.05, 0.1) is 30.6 Å². The Morgan fingerprint density at radius 3 is 2.52 bits per heavy atom. The highest BCUT2D eigenvalue weighted by Crippen LogP contribution is 2.35.